The Morgan fingerprint density at radius 1 is 1.42 bits per heavy atom. The molecule has 1 aliphatic rings. The Labute approximate surface area is 72.1 Å². The summed E-state index contributed by atoms with van der Waals surface area (Å²) < 4.78 is 10.8. The lowest BCUT2D eigenvalue weighted by Gasteiger charge is -2.24. The van der Waals surface area contributed by atoms with E-state index in [1.807, 2.05) is 18.2 Å². The van der Waals surface area contributed by atoms with Gasteiger partial charge in [-0.2, -0.15) is 0 Å². The van der Waals surface area contributed by atoms with Gasteiger partial charge in [0, 0.05) is 19.1 Å². The van der Waals surface area contributed by atoms with Crippen molar-refractivity contribution in [2.24, 2.45) is 0 Å². The first-order chi connectivity index (χ1) is 5.92. The van der Waals surface area contributed by atoms with Crippen LogP contribution in [-0.4, -0.2) is 13.7 Å². The van der Waals surface area contributed by atoms with Crippen LogP contribution < -0.4 is 4.74 Å². The number of hydrogen-bond donors (Lipinski definition) is 0. The third-order valence-electron chi connectivity index (χ3n) is 2.19. The molecule has 12 heavy (non-hydrogen) atoms. The predicted molar refractivity (Wildman–Crippen MR) is 46.3 cm³/mol. The fraction of sp³-hybridized carbons (Fsp3) is 0.400. The zero-order valence-corrected chi connectivity index (χ0v) is 7.12. The van der Waals surface area contributed by atoms with E-state index in [9.17, 15) is 0 Å². The second-order valence-electron chi connectivity index (χ2n) is 2.90. The summed E-state index contributed by atoms with van der Waals surface area (Å²) >= 11 is 0. The first-order valence-corrected chi connectivity index (χ1v) is 4.16. The molecule has 0 aliphatic carbocycles. The van der Waals surface area contributed by atoms with Crippen LogP contribution in [0.15, 0.2) is 24.3 Å². The third kappa shape index (κ3) is 1.18. The fourth-order valence-corrected chi connectivity index (χ4v) is 1.55. The van der Waals surface area contributed by atoms with E-state index < -0.39 is 0 Å². The number of hydrogen-bond acceptors (Lipinski definition) is 2. The van der Waals surface area contributed by atoms with E-state index in [1.165, 1.54) is 5.56 Å². The van der Waals surface area contributed by atoms with Crippen LogP contribution in [0.25, 0.3) is 0 Å². The van der Waals surface area contributed by atoms with E-state index in [2.05, 4.69) is 6.07 Å². The smallest absolute Gasteiger partial charge is 0.125 e. The van der Waals surface area contributed by atoms with Crippen molar-refractivity contribution in [1.82, 2.24) is 0 Å². The molecule has 64 valence electrons. The SMILES string of the molecule is COC1CCOc2ccccc21. The molecule has 0 aromatic heterocycles. The quantitative estimate of drug-likeness (QED) is 0.633. The summed E-state index contributed by atoms with van der Waals surface area (Å²) in [6, 6.07) is 8.04. The predicted octanol–water partition coefficient (Wildman–Crippen LogP) is 2.16. The molecule has 1 aromatic rings. The number of rotatable bonds is 1. The lowest BCUT2D eigenvalue weighted by atomic mass is 10.0. The Bertz CT molecular complexity index is 270. The van der Waals surface area contributed by atoms with Gasteiger partial charge in [0.2, 0.25) is 0 Å². The molecule has 0 spiro atoms. The minimum Gasteiger partial charge on any atom is -0.493 e. The molecule has 2 rings (SSSR count). The molecule has 0 amide bonds. The number of ether oxygens (including phenoxy) is 2. The molecule has 0 saturated carbocycles. The molecule has 2 heteroatoms. The molecular formula is C10H12O2. The van der Waals surface area contributed by atoms with E-state index in [0.717, 1.165) is 18.8 Å². The first-order valence-electron chi connectivity index (χ1n) is 4.16. The average Bonchev–Trinajstić information content (AvgIpc) is 2.17. The Hall–Kier alpha value is -1.02. The van der Waals surface area contributed by atoms with Crippen molar-refractivity contribution in [3.8, 4) is 5.75 Å². The maximum Gasteiger partial charge on any atom is 0.125 e. The van der Waals surface area contributed by atoms with Crippen molar-refractivity contribution in [2.75, 3.05) is 13.7 Å². The Balaban J connectivity index is 2.37. The molecule has 1 unspecified atom stereocenters. The van der Waals surface area contributed by atoms with Crippen LogP contribution in [0.4, 0.5) is 0 Å². The van der Waals surface area contributed by atoms with Crippen LogP contribution in [-0.2, 0) is 4.74 Å². The van der Waals surface area contributed by atoms with Gasteiger partial charge in [-0.15, -0.1) is 0 Å². The van der Waals surface area contributed by atoms with Crippen molar-refractivity contribution in [2.45, 2.75) is 12.5 Å². The Morgan fingerprint density at radius 3 is 3.08 bits per heavy atom. The molecule has 0 fully saturated rings. The van der Waals surface area contributed by atoms with Crippen LogP contribution in [0, 0.1) is 0 Å². The molecule has 0 bridgehead atoms. The van der Waals surface area contributed by atoms with Crippen LogP contribution in [0.2, 0.25) is 0 Å². The van der Waals surface area contributed by atoms with Crippen molar-refractivity contribution in [1.29, 1.82) is 0 Å². The highest BCUT2D eigenvalue weighted by Crippen LogP contribution is 2.33. The summed E-state index contributed by atoms with van der Waals surface area (Å²) in [4.78, 5) is 0. The largest absolute Gasteiger partial charge is 0.493 e. The van der Waals surface area contributed by atoms with Gasteiger partial charge in [0.25, 0.3) is 0 Å². The molecule has 1 aliphatic heterocycles. The van der Waals surface area contributed by atoms with Crippen molar-refractivity contribution >= 4 is 0 Å². The average molecular weight is 164 g/mol. The molecule has 0 radical (unpaired) electrons. The summed E-state index contributed by atoms with van der Waals surface area (Å²) in [5.41, 5.74) is 1.17. The molecule has 1 aromatic carbocycles. The highest BCUT2D eigenvalue weighted by Gasteiger charge is 2.19. The number of methoxy groups -OCH3 is 1. The van der Waals surface area contributed by atoms with Gasteiger partial charge in [0.15, 0.2) is 0 Å². The summed E-state index contributed by atoms with van der Waals surface area (Å²) in [7, 11) is 1.74. The van der Waals surface area contributed by atoms with Gasteiger partial charge in [0.05, 0.1) is 12.7 Å². The molecule has 0 N–H and O–H groups in total. The molecule has 2 nitrogen and oxygen atoms in total. The maximum atomic E-state index is 5.48. The van der Waals surface area contributed by atoms with E-state index in [1.54, 1.807) is 7.11 Å². The zero-order chi connectivity index (χ0) is 8.39. The zero-order valence-electron chi connectivity index (χ0n) is 7.12. The van der Waals surface area contributed by atoms with Gasteiger partial charge in [0.1, 0.15) is 5.75 Å². The Kier molecular flexibility index (Phi) is 2.00. The Morgan fingerprint density at radius 2 is 2.25 bits per heavy atom. The van der Waals surface area contributed by atoms with E-state index >= 15 is 0 Å². The minimum atomic E-state index is 0.218. The maximum absolute atomic E-state index is 5.48. The summed E-state index contributed by atoms with van der Waals surface area (Å²) in [5.74, 6) is 0.968. The van der Waals surface area contributed by atoms with Gasteiger partial charge in [-0.25, -0.2) is 0 Å². The molecule has 1 heterocycles. The lowest BCUT2D eigenvalue weighted by Crippen LogP contribution is -2.15. The summed E-state index contributed by atoms with van der Waals surface area (Å²) in [6.45, 7) is 0.759. The number of fused-ring (bicyclic) bond motifs is 1. The van der Waals surface area contributed by atoms with Crippen LogP contribution in [0.5, 0.6) is 5.75 Å². The lowest BCUT2D eigenvalue weighted by molar-refractivity contribution is 0.0636. The molecule has 0 saturated heterocycles. The second-order valence-corrected chi connectivity index (χ2v) is 2.90. The summed E-state index contributed by atoms with van der Waals surface area (Å²) in [6.07, 6.45) is 1.17. The second kappa shape index (κ2) is 3.15. The van der Waals surface area contributed by atoms with E-state index in [-0.39, 0.29) is 6.10 Å². The van der Waals surface area contributed by atoms with Crippen LogP contribution >= 0.6 is 0 Å². The normalized spacial score (nSPS) is 21.2. The van der Waals surface area contributed by atoms with Gasteiger partial charge in [-0.05, 0) is 6.07 Å². The van der Waals surface area contributed by atoms with Gasteiger partial charge >= 0.3 is 0 Å². The molecular weight excluding hydrogens is 152 g/mol. The van der Waals surface area contributed by atoms with Gasteiger partial charge in [-0.1, -0.05) is 18.2 Å². The van der Waals surface area contributed by atoms with Gasteiger partial charge in [-0.3, -0.25) is 0 Å². The topological polar surface area (TPSA) is 18.5 Å². The third-order valence-corrected chi connectivity index (χ3v) is 2.19. The van der Waals surface area contributed by atoms with Crippen molar-refractivity contribution in [3.05, 3.63) is 29.8 Å². The highest BCUT2D eigenvalue weighted by molar-refractivity contribution is 5.36. The standard InChI is InChI=1S/C10H12O2/c1-11-9-6-7-12-10-5-3-2-4-8(9)10/h2-5,9H,6-7H2,1H3. The van der Waals surface area contributed by atoms with Crippen molar-refractivity contribution < 1.29 is 9.47 Å². The summed E-state index contributed by atoms with van der Waals surface area (Å²) in [5, 5.41) is 0. The highest BCUT2D eigenvalue weighted by atomic mass is 16.5. The van der Waals surface area contributed by atoms with E-state index in [0.29, 0.717) is 0 Å². The first kappa shape index (κ1) is 7.62. The molecule has 1 atom stereocenters. The minimum absolute atomic E-state index is 0.218. The van der Waals surface area contributed by atoms with Crippen LogP contribution in [0.1, 0.15) is 18.1 Å². The van der Waals surface area contributed by atoms with E-state index in [4.69, 9.17) is 9.47 Å². The number of para-hydroxylation sites is 1. The fourth-order valence-electron chi connectivity index (χ4n) is 1.55. The van der Waals surface area contributed by atoms with Crippen molar-refractivity contribution in [3.63, 3.8) is 0 Å². The van der Waals surface area contributed by atoms with Crippen LogP contribution in [0.3, 0.4) is 0 Å². The number of benzene rings is 1. The monoisotopic (exact) mass is 164 g/mol. The van der Waals surface area contributed by atoms with Gasteiger partial charge < -0.3 is 9.47 Å².